The van der Waals surface area contributed by atoms with Crippen molar-refractivity contribution in [1.29, 1.82) is 0 Å². The number of hydrogen-bond acceptors (Lipinski definition) is 3. The maximum atomic E-state index is 13.3. The molecule has 5 nitrogen and oxygen atoms in total. The van der Waals surface area contributed by atoms with Crippen LogP contribution < -0.4 is 10.1 Å². The highest BCUT2D eigenvalue weighted by Crippen LogP contribution is 2.29. The molecule has 3 rings (SSSR count). The Hall–Kier alpha value is -1.86. The molecule has 0 heterocycles. The topological polar surface area (TPSA) is 58.6 Å². The monoisotopic (exact) mass is 578 g/mol. The zero-order valence-electron chi connectivity index (χ0n) is 19.4. The summed E-state index contributed by atoms with van der Waals surface area (Å²) in [7, 11) is 0. The molecule has 0 saturated heterocycles. The van der Waals surface area contributed by atoms with E-state index in [1.165, 1.54) is 5.56 Å². The molecular weight excluding hydrogens is 548 g/mol. The van der Waals surface area contributed by atoms with Crippen molar-refractivity contribution >= 4 is 43.7 Å². The van der Waals surface area contributed by atoms with Gasteiger partial charge in [-0.15, -0.1) is 0 Å². The van der Waals surface area contributed by atoms with Gasteiger partial charge in [0.2, 0.25) is 5.91 Å². The van der Waals surface area contributed by atoms with E-state index in [-0.39, 0.29) is 24.5 Å². The van der Waals surface area contributed by atoms with Gasteiger partial charge in [0, 0.05) is 17.1 Å². The van der Waals surface area contributed by atoms with E-state index >= 15 is 0 Å². The first-order valence-electron chi connectivity index (χ1n) is 11.5. The maximum Gasteiger partial charge on any atom is 0.261 e. The van der Waals surface area contributed by atoms with Crippen molar-refractivity contribution in [2.45, 2.75) is 71.0 Å². The van der Waals surface area contributed by atoms with E-state index in [0.29, 0.717) is 18.2 Å². The fourth-order valence-electron chi connectivity index (χ4n) is 4.02. The second-order valence-electron chi connectivity index (χ2n) is 8.95. The van der Waals surface area contributed by atoms with Crippen molar-refractivity contribution in [1.82, 2.24) is 10.2 Å². The summed E-state index contributed by atoms with van der Waals surface area (Å²) in [4.78, 5) is 27.8. The molecule has 0 aliphatic heterocycles. The molecule has 0 unspecified atom stereocenters. The highest BCUT2D eigenvalue weighted by Gasteiger charge is 2.29. The van der Waals surface area contributed by atoms with Crippen molar-refractivity contribution in [3.05, 3.63) is 62.5 Å². The minimum absolute atomic E-state index is 0.118. The number of carbonyl (C=O) groups excluding carboxylic acids is 2. The highest BCUT2D eigenvalue weighted by molar-refractivity contribution is 9.10. The predicted molar refractivity (Wildman–Crippen MR) is 138 cm³/mol. The van der Waals surface area contributed by atoms with E-state index in [4.69, 9.17) is 4.74 Å². The van der Waals surface area contributed by atoms with Gasteiger partial charge in [-0.1, -0.05) is 60.8 Å². The van der Waals surface area contributed by atoms with Gasteiger partial charge in [-0.2, -0.15) is 0 Å². The second-order valence-corrected chi connectivity index (χ2v) is 10.7. The van der Waals surface area contributed by atoms with Crippen LogP contribution in [0.1, 0.15) is 63.5 Å². The molecule has 0 aromatic heterocycles. The number of halogens is 2. The number of carbonyl (C=O) groups is 2. The molecule has 0 radical (unpaired) electrons. The second kappa shape index (κ2) is 12.0. The normalized spacial score (nSPS) is 14.8. The Bertz CT molecular complexity index is 974. The lowest BCUT2D eigenvalue weighted by atomic mass is 10.0. The van der Waals surface area contributed by atoms with Gasteiger partial charge in [0.25, 0.3) is 5.91 Å². The number of nitrogens with one attached hydrogen (secondary N) is 1. The lowest BCUT2D eigenvalue weighted by Crippen LogP contribution is -2.50. The van der Waals surface area contributed by atoms with Crippen molar-refractivity contribution in [2.75, 3.05) is 6.61 Å². The first-order chi connectivity index (χ1) is 15.7. The molecule has 1 aliphatic rings. The Labute approximate surface area is 213 Å². The third kappa shape index (κ3) is 7.31. The first-order valence-corrected chi connectivity index (χ1v) is 13.1. The van der Waals surface area contributed by atoms with Crippen molar-refractivity contribution in [3.8, 4) is 5.75 Å². The third-order valence-corrected chi connectivity index (χ3v) is 7.20. The van der Waals surface area contributed by atoms with Gasteiger partial charge < -0.3 is 15.0 Å². The molecule has 1 atom stereocenters. The number of amides is 2. The average Bonchev–Trinajstić information content (AvgIpc) is 3.29. The average molecular weight is 580 g/mol. The predicted octanol–water partition coefficient (Wildman–Crippen LogP) is 6.19. The van der Waals surface area contributed by atoms with Crippen LogP contribution in [0.5, 0.6) is 5.75 Å². The van der Waals surface area contributed by atoms with Gasteiger partial charge in [0.05, 0.1) is 4.47 Å². The summed E-state index contributed by atoms with van der Waals surface area (Å²) in [5.41, 5.74) is 2.13. The number of benzene rings is 2. The molecule has 2 aromatic carbocycles. The summed E-state index contributed by atoms with van der Waals surface area (Å²) in [6.07, 6.45) is 4.28. The Balaban J connectivity index is 1.72. The van der Waals surface area contributed by atoms with Crippen LogP contribution in [-0.2, 0) is 16.1 Å². The molecule has 33 heavy (non-hydrogen) atoms. The minimum atomic E-state index is -0.604. The first kappa shape index (κ1) is 25.8. The van der Waals surface area contributed by atoms with Crippen molar-refractivity contribution in [3.63, 3.8) is 0 Å². The van der Waals surface area contributed by atoms with Crippen molar-refractivity contribution < 1.29 is 14.3 Å². The lowest BCUT2D eigenvalue weighted by molar-refractivity contribution is -0.142. The minimum Gasteiger partial charge on any atom is -0.483 e. The summed E-state index contributed by atoms with van der Waals surface area (Å²) in [6, 6.07) is 13.3. The van der Waals surface area contributed by atoms with Gasteiger partial charge in [0.15, 0.2) is 6.61 Å². The molecule has 1 aliphatic carbocycles. The van der Waals surface area contributed by atoms with Gasteiger partial charge in [-0.25, -0.2) is 0 Å². The Kier molecular flexibility index (Phi) is 9.38. The SMILES string of the molecule is CC(C)c1ccc(OCC(=O)N(Cc2cccc(Br)c2)[C@H](C)C(=O)NC2CCCC2)c(Br)c1. The molecule has 0 bridgehead atoms. The zero-order chi connectivity index (χ0) is 24.0. The fourth-order valence-corrected chi connectivity index (χ4v) is 4.98. The van der Waals surface area contributed by atoms with Gasteiger partial charge >= 0.3 is 0 Å². The molecule has 2 amide bonds. The molecule has 2 aromatic rings. The van der Waals surface area contributed by atoms with Crippen LogP contribution in [0.3, 0.4) is 0 Å². The Morgan fingerprint density at radius 1 is 1.09 bits per heavy atom. The Morgan fingerprint density at radius 2 is 1.82 bits per heavy atom. The molecule has 7 heteroatoms. The zero-order valence-corrected chi connectivity index (χ0v) is 22.6. The van der Waals surface area contributed by atoms with Crippen LogP contribution in [0, 0.1) is 0 Å². The van der Waals surface area contributed by atoms with E-state index < -0.39 is 6.04 Å². The third-order valence-electron chi connectivity index (χ3n) is 6.08. The fraction of sp³-hybridized carbons (Fsp3) is 0.462. The van der Waals surface area contributed by atoms with E-state index in [9.17, 15) is 9.59 Å². The molecule has 1 saturated carbocycles. The molecule has 1 fully saturated rings. The molecule has 178 valence electrons. The summed E-state index contributed by atoms with van der Waals surface area (Å²) in [5.74, 6) is 0.659. The van der Waals surface area contributed by atoms with Gasteiger partial charge in [0.1, 0.15) is 11.8 Å². The smallest absolute Gasteiger partial charge is 0.261 e. The quantitative estimate of drug-likeness (QED) is 0.385. The van der Waals surface area contributed by atoms with Crippen LogP contribution in [0.4, 0.5) is 0 Å². The van der Waals surface area contributed by atoms with E-state index in [1.54, 1.807) is 11.8 Å². The number of rotatable bonds is 9. The molecule has 0 spiro atoms. The highest BCUT2D eigenvalue weighted by atomic mass is 79.9. The molecular formula is C26H32Br2N2O3. The van der Waals surface area contributed by atoms with Crippen LogP contribution in [0.15, 0.2) is 51.4 Å². The van der Waals surface area contributed by atoms with Gasteiger partial charge in [-0.05, 0) is 77.0 Å². The van der Waals surface area contributed by atoms with Crippen LogP contribution in [0.25, 0.3) is 0 Å². The Morgan fingerprint density at radius 3 is 2.45 bits per heavy atom. The largest absolute Gasteiger partial charge is 0.483 e. The standard InChI is InChI=1S/C26H32Br2N2O3/c1-17(2)20-11-12-24(23(28)14-20)33-16-25(31)30(15-19-7-6-8-21(27)13-19)18(3)26(32)29-22-9-4-5-10-22/h6-8,11-14,17-18,22H,4-5,9-10,15-16H2,1-3H3,(H,29,32)/t18-/m1/s1. The van der Waals surface area contributed by atoms with E-state index in [0.717, 1.165) is 40.2 Å². The lowest BCUT2D eigenvalue weighted by Gasteiger charge is -2.29. The molecule has 1 N–H and O–H groups in total. The number of nitrogens with zero attached hydrogens (tertiary/aromatic N) is 1. The van der Waals surface area contributed by atoms with Crippen LogP contribution in [0.2, 0.25) is 0 Å². The number of ether oxygens (including phenoxy) is 1. The summed E-state index contributed by atoms with van der Waals surface area (Å²) in [6.45, 7) is 6.23. The van der Waals surface area contributed by atoms with E-state index in [1.807, 2.05) is 42.5 Å². The summed E-state index contributed by atoms with van der Waals surface area (Å²) < 4.78 is 7.60. The summed E-state index contributed by atoms with van der Waals surface area (Å²) in [5, 5.41) is 3.12. The van der Waals surface area contributed by atoms with E-state index in [2.05, 4.69) is 51.0 Å². The maximum absolute atomic E-state index is 13.3. The van der Waals surface area contributed by atoms with Crippen LogP contribution >= 0.6 is 31.9 Å². The summed E-state index contributed by atoms with van der Waals surface area (Å²) >= 11 is 7.03. The van der Waals surface area contributed by atoms with Gasteiger partial charge in [-0.3, -0.25) is 9.59 Å². The van der Waals surface area contributed by atoms with Crippen molar-refractivity contribution in [2.24, 2.45) is 0 Å². The number of hydrogen-bond donors (Lipinski definition) is 1. The van der Waals surface area contributed by atoms with Crippen LogP contribution in [-0.4, -0.2) is 35.4 Å².